The highest BCUT2D eigenvalue weighted by atomic mass is 16.6. The van der Waals surface area contributed by atoms with E-state index < -0.39 is 36.3 Å². The van der Waals surface area contributed by atoms with Crippen molar-refractivity contribution in [3.8, 4) is 0 Å². The SMILES string of the molecule is CCCCCCCCN(C(=O)C(CO)NC(=O)OC(C)(C)C)C(C(=O)NCCCCC)c1c(C)cccc1C. The average Bonchev–Trinajstić information content (AvgIpc) is 2.86. The Morgan fingerprint density at radius 2 is 1.49 bits per heavy atom. The van der Waals surface area contributed by atoms with Gasteiger partial charge in [0.1, 0.15) is 17.7 Å². The molecule has 3 amide bonds. The van der Waals surface area contributed by atoms with Crippen molar-refractivity contribution in [2.75, 3.05) is 19.7 Å². The van der Waals surface area contributed by atoms with E-state index in [9.17, 15) is 19.5 Å². The van der Waals surface area contributed by atoms with Gasteiger partial charge in [-0.25, -0.2) is 4.79 Å². The molecule has 0 aromatic heterocycles. The van der Waals surface area contributed by atoms with Gasteiger partial charge in [-0.3, -0.25) is 9.59 Å². The molecule has 0 aliphatic carbocycles. The molecule has 0 saturated heterocycles. The van der Waals surface area contributed by atoms with E-state index >= 15 is 0 Å². The third-order valence-electron chi connectivity index (χ3n) is 6.66. The fourth-order valence-corrected chi connectivity index (χ4v) is 4.63. The van der Waals surface area contributed by atoms with Gasteiger partial charge in [-0.2, -0.15) is 0 Å². The number of aryl methyl sites for hydroxylation is 2. The molecule has 8 heteroatoms. The summed E-state index contributed by atoms with van der Waals surface area (Å²) in [6.45, 7) is 13.6. The molecule has 1 rings (SSSR count). The Labute approximate surface area is 236 Å². The summed E-state index contributed by atoms with van der Waals surface area (Å²) < 4.78 is 5.33. The Kier molecular flexibility index (Phi) is 15.8. The van der Waals surface area contributed by atoms with E-state index in [0.717, 1.165) is 61.6 Å². The van der Waals surface area contributed by atoms with Crippen LogP contribution in [-0.4, -0.2) is 59.3 Å². The number of rotatable bonds is 17. The Bertz CT molecular complexity index is 876. The first-order valence-electron chi connectivity index (χ1n) is 14.7. The van der Waals surface area contributed by atoms with Crippen LogP contribution in [0.1, 0.15) is 115 Å². The lowest BCUT2D eigenvalue weighted by Gasteiger charge is -2.35. The molecule has 8 nitrogen and oxygen atoms in total. The van der Waals surface area contributed by atoms with Gasteiger partial charge >= 0.3 is 6.09 Å². The molecule has 0 radical (unpaired) electrons. The highest BCUT2D eigenvalue weighted by Gasteiger charge is 2.37. The Morgan fingerprint density at radius 1 is 0.923 bits per heavy atom. The summed E-state index contributed by atoms with van der Waals surface area (Å²) in [4.78, 5) is 41.8. The molecule has 2 atom stereocenters. The van der Waals surface area contributed by atoms with Crippen LogP contribution in [-0.2, 0) is 14.3 Å². The first-order chi connectivity index (χ1) is 18.5. The molecule has 0 fully saturated rings. The van der Waals surface area contributed by atoms with Gasteiger partial charge in [0.25, 0.3) is 0 Å². The van der Waals surface area contributed by atoms with Gasteiger partial charge in [0.15, 0.2) is 0 Å². The minimum Gasteiger partial charge on any atom is -0.444 e. The molecule has 2 unspecified atom stereocenters. The second-order valence-corrected chi connectivity index (χ2v) is 11.4. The van der Waals surface area contributed by atoms with E-state index in [1.54, 1.807) is 25.7 Å². The van der Waals surface area contributed by atoms with Crippen LogP contribution >= 0.6 is 0 Å². The van der Waals surface area contributed by atoms with E-state index in [-0.39, 0.29) is 5.91 Å². The summed E-state index contributed by atoms with van der Waals surface area (Å²) in [6.07, 6.45) is 8.22. The van der Waals surface area contributed by atoms with Crippen molar-refractivity contribution in [2.24, 2.45) is 0 Å². The van der Waals surface area contributed by atoms with Crippen LogP contribution in [0.15, 0.2) is 18.2 Å². The van der Waals surface area contributed by atoms with E-state index in [2.05, 4.69) is 24.5 Å². The molecule has 0 bridgehead atoms. The number of alkyl carbamates (subject to hydrolysis) is 1. The van der Waals surface area contributed by atoms with Crippen molar-refractivity contribution in [2.45, 2.75) is 124 Å². The Hall–Kier alpha value is -2.61. The second kappa shape index (κ2) is 17.9. The van der Waals surface area contributed by atoms with Crippen molar-refractivity contribution in [1.29, 1.82) is 0 Å². The number of nitrogens with one attached hydrogen (secondary N) is 2. The summed E-state index contributed by atoms with van der Waals surface area (Å²) in [5, 5.41) is 15.7. The van der Waals surface area contributed by atoms with Gasteiger partial charge in [0.05, 0.1) is 6.61 Å². The topological polar surface area (TPSA) is 108 Å². The number of nitrogens with zero attached hydrogens (tertiary/aromatic N) is 1. The van der Waals surface area contributed by atoms with Gasteiger partial charge in [0, 0.05) is 13.1 Å². The highest BCUT2D eigenvalue weighted by Crippen LogP contribution is 2.29. The van der Waals surface area contributed by atoms with Crippen molar-refractivity contribution in [3.63, 3.8) is 0 Å². The van der Waals surface area contributed by atoms with Crippen LogP contribution in [0.5, 0.6) is 0 Å². The van der Waals surface area contributed by atoms with E-state index in [1.807, 2.05) is 32.0 Å². The molecule has 39 heavy (non-hydrogen) atoms. The zero-order valence-corrected chi connectivity index (χ0v) is 25.4. The van der Waals surface area contributed by atoms with Gasteiger partial charge in [-0.05, 0) is 64.2 Å². The molecule has 0 saturated carbocycles. The monoisotopic (exact) mass is 547 g/mol. The number of benzene rings is 1. The molecule has 0 aliphatic rings. The lowest BCUT2D eigenvalue weighted by molar-refractivity contribution is -0.143. The van der Waals surface area contributed by atoms with E-state index in [4.69, 9.17) is 4.74 Å². The Morgan fingerprint density at radius 3 is 2.05 bits per heavy atom. The smallest absolute Gasteiger partial charge is 0.408 e. The second-order valence-electron chi connectivity index (χ2n) is 11.4. The third kappa shape index (κ3) is 12.4. The number of ether oxygens (including phenoxy) is 1. The van der Waals surface area contributed by atoms with Crippen LogP contribution in [0.4, 0.5) is 4.79 Å². The van der Waals surface area contributed by atoms with Crippen molar-refractivity contribution < 1.29 is 24.2 Å². The first kappa shape index (κ1) is 34.4. The summed E-state index contributed by atoms with van der Waals surface area (Å²) in [5.41, 5.74) is 1.83. The van der Waals surface area contributed by atoms with Crippen LogP contribution in [0, 0.1) is 13.8 Å². The quantitative estimate of drug-likeness (QED) is 0.216. The molecule has 0 aliphatic heterocycles. The van der Waals surface area contributed by atoms with Crippen molar-refractivity contribution in [3.05, 3.63) is 34.9 Å². The molecule has 3 N–H and O–H groups in total. The number of aliphatic hydroxyl groups excluding tert-OH is 1. The van der Waals surface area contributed by atoms with Crippen LogP contribution in [0.3, 0.4) is 0 Å². The van der Waals surface area contributed by atoms with Gasteiger partial charge in [-0.1, -0.05) is 77.0 Å². The lowest BCUT2D eigenvalue weighted by Crippen LogP contribution is -2.54. The van der Waals surface area contributed by atoms with Gasteiger partial charge in [0.2, 0.25) is 11.8 Å². The van der Waals surface area contributed by atoms with Crippen LogP contribution < -0.4 is 10.6 Å². The molecular formula is C31H53N3O5. The van der Waals surface area contributed by atoms with Gasteiger partial charge < -0.3 is 25.4 Å². The van der Waals surface area contributed by atoms with Gasteiger partial charge in [-0.15, -0.1) is 0 Å². The predicted molar refractivity (Wildman–Crippen MR) is 157 cm³/mol. The standard InChI is InChI=1S/C31H53N3O5/c1-8-10-12-13-14-16-21-34(29(37)25(22-35)33-30(38)39-31(5,6)7)27(28(36)32-20-15-11-9-2)26-23(3)18-17-19-24(26)4/h17-19,25,27,35H,8-16,20-22H2,1-7H3,(H,32,36)(H,33,38). The van der Waals surface area contributed by atoms with E-state index in [1.165, 1.54) is 6.42 Å². The average molecular weight is 548 g/mol. The number of hydrogen-bond donors (Lipinski definition) is 3. The molecule has 0 spiro atoms. The third-order valence-corrected chi connectivity index (χ3v) is 6.66. The predicted octanol–water partition coefficient (Wildman–Crippen LogP) is 5.73. The molecular weight excluding hydrogens is 494 g/mol. The van der Waals surface area contributed by atoms with Crippen molar-refractivity contribution >= 4 is 17.9 Å². The number of carbonyl (C=O) groups excluding carboxylic acids is 3. The molecule has 1 aromatic carbocycles. The highest BCUT2D eigenvalue weighted by molar-refractivity contribution is 5.92. The summed E-state index contributed by atoms with van der Waals surface area (Å²) in [6, 6.07) is 3.70. The Balaban J connectivity index is 3.39. The normalized spacial score (nSPS) is 12.9. The molecule has 0 heterocycles. The minimum absolute atomic E-state index is 0.253. The zero-order chi connectivity index (χ0) is 29.4. The number of hydrogen-bond acceptors (Lipinski definition) is 5. The summed E-state index contributed by atoms with van der Waals surface area (Å²) in [7, 11) is 0. The van der Waals surface area contributed by atoms with Crippen LogP contribution in [0.2, 0.25) is 0 Å². The van der Waals surface area contributed by atoms with Crippen molar-refractivity contribution in [1.82, 2.24) is 15.5 Å². The maximum absolute atomic E-state index is 14.0. The largest absolute Gasteiger partial charge is 0.444 e. The number of aliphatic hydroxyl groups is 1. The molecule has 1 aromatic rings. The molecule has 222 valence electrons. The lowest BCUT2D eigenvalue weighted by atomic mass is 9.93. The fraction of sp³-hybridized carbons (Fsp3) is 0.710. The maximum Gasteiger partial charge on any atom is 0.408 e. The maximum atomic E-state index is 14.0. The number of carbonyl (C=O) groups is 3. The first-order valence-corrected chi connectivity index (χ1v) is 14.7. The summed E-state index contributed by atoms with van der Waals surface area (Å²) in [5.74, 6) is -0.759. The number of amides is 3. The van der Waals surface area contributed by atoms with E-state index in [0.29, 0.717) is 19.5 Å². The van der Waals surface area contributed by atoms with Crippen LogP contribution in [0.25, 0.3) is 0 Å². The number of unbranched alkanes of at least 4 members (excludes halogenated alkanes) is 7. The zero-order valence-electron chi connectivity index (χ0n) is 25.4. The minimum atomic E-state index is -1.24. The fourth-order valence-electron chi connectivity index (χ4n) is 4.63. The summed E-state index contributed by atoms with van der Waals surface area (Å²) >= 11 is 0.